The van der Waals surface area contributed by atoms with Gasteiger partial charge in [-0.15, -0.1) is 11.3 Å². The van der Waals surface area contributed by atoms with E-state index in [9.17, 15) is 13.2 Å². The third kappa shape index (κ3) is 3.00. The van der Waals surface area contributed by atoms with Gasteiger partial charge in [0.25, 0.3) is 0 Å². The molecule has 4 nitrogen and oxygen atoms in total. The third-order valence-corrected chi connectivity index (χ3v) is 5.60. The number of rotatable bonds is 2. The van der Waals surface area contributed by atoms with Crippen molar-refractivity contribution < 1.29 is 17.9 Å². The average Bonchev–Trinajstić information content (AvgIpc) is 3.33. The number of alkyl halides is 3. The van der Waals surface area contributed by atoms with E-state index in [0.717, 1.165) is 27.1 Å². The zero-order valence-electron chi connectivity index (χ0n) is 15.2. The maximum Gasteiger partial charge on any atom is 0.434 e. The molecule has 0 amide bonds. The van der Waals surface area contributed by atoms with Crippen molar-refractivity contribution in [1.29, 1.82) is 0 Å². The SMILES string of the molecule is Cc1ccc(-c2csc(-n3nc4c(c3C(F)(F)F)COc3ccccc3-4)n2)cc1. The Kier molecular flexibility index (Phi) is 3.99. The Balaban J connectivity index is 1.67. The molecule has 0 radical (unpaired) electrons. The van der Waals surface area contributed by atoms with E-state index in [4.69, 9.17) is 4.74 Å². The zero-order chi connectivity index (χ0) is 20.2. The molecule has 2 aromatic carbocycles. The lowest BCUT2D eigenvalue weighted by Crippen LogP contribution is -2.16. The van der Waals surface area contributed by atoms with E-state index >= 15 is 0 Å². The van der Waals surface area contributed by atoms with Gasteiger partial charge >= 0.3 is 6.18 Å². The molecule has 4 aromatic rings. The van der Waals surface area contributed by atoms with E-state index in [-0.39, 0.29) is 23.0 Å². The molecule has 0 fully saturated rings. The first-order valence-corrected chi connectivity index (χ1v) is 9.74. The monoisotopic (exact) mass is 413 g/mol. The van der Waals surface area contributed by atoms with Gasteiger partial charge in [0.15, 0.2) is 5.69 Å². The summed E-state index contributed by atoms with van der Waals surface area (Å²) in [6.45, 7) is 1.79. The number of hydrogen-bond acceptors (Lipinski definition) is 4. The van der Waals surface area contributed by atoms with Crippen LogP contribution < -0.4 is 4.74 Å². The van der Waals surface area contributed by atoms with Crippen molar-refractivity contribution in [1.82, 2.24) is 14.8 Å². The van der Waals surface area contributed by atoms with Crippen molar-refractivity contribution in [2.75, 3.05) is 0 Å². The fraction of sp³-hybridized carbons (Fsp3) is 0.143. The standard InChI is InChI=1S/C21H14F3N3OS/c1-12-6-8-13(9-7-12)16-11-29-20(25-16)27-19(21(22,23)24)15-10-28-17-5-3-2-4-14(17)18(15)26-27/h2-9,11H,10H2,1H3. The van der Waals surface area contributed by atoms with Crippen LogP contribution in [0.2, 0.25) is 0 Å². The number of benzene rings is 2. The molecule has 0 saturated carbocycles. The van der Waals surface area contributed by atoms with Crippen LogP contribution in [0.15, 0.2) is 53.9 Å². The van der Waals surface area contributed by atoms with Gasteiger partial charge in [-0.2, -0.15) is 18.3 Å². The maximum absolute atomic E-state index is 14.0. The molecule has 3 heterocycles. The summed E-state index contributed by atoms with van der Waals surface area (Å²) in [6.07, 6.45) is -4.59. The van der Waals surface area contributed by atoms with Gasteiger partial charge in [0.05, 0.1) is 5.69 Å². The lowest BCUT2D eigenvalue weighted by molar-refractivity contribution is -0.143. The van der Waals surface area contributed by atoms with Gasteiger partial charge in [-0.3, -0.25) is 0 Å². The van der Waals surface area contributed by atoms with E-state index in [1.54, 1.807) is 29.6 Å². The second-order valence-corrected chi connectivity index (χ2v) is 7.59. The summed E-state index contributed by atoms with van der Waals surface area (Å²) in [4.78, 5) is 4.43. The lowest BCUT2D eigenvalue weighted by atomic mass is 10.0. The van der Waals surface area contributed by atoms with E-state index < -0.39 is 11.9 Å². The largest absolute Gasteiger partial charge is 0.488 e. The quantitative estimate of drug-likeness (QED) is 0.412. The molecule has 5 rings (SSSR count). The fourth-order valence-electron chi connectivity index (χ4n) is 3.39. The molecule has 0 N–H and O–H groups in total. The number of para-hydroxylation sites is 1. The van der Waals surface area contributed by atoms with Crippen LogP contribution in [-0.4, -0.2) is 14.8 Å². The molecular weight excluding hydrogens is 399 g/mol. The van der Waals surface area contributed by atoms with Crippen molar-refractivity contribution in [3.05, 3.63) is 70.7 Å². The van der Waals surface area contributed by atoms with Gasteiger partial charge in [0, 0.05) is 22.1 Å². The smallest absolute Gasteiger partial charge is 0.434 e. The first kappa shape index (κ1) is 17.9. The van der Waals surface area contributed by atoms with Crippen molar-refractivity contribution in [2.45, 2.75) is 19.7 Å². The summed E-state index contributed by atoms with van der Waals surface area (Å²) in [5.74, 6) is 0.526. The second-order valence-electron chi connectivity index (χ2n) is 6.75. The molecule has 0 aliphatic carbocycles. The Hall–Kier alpha value is -3.13. The van der Waals surface area contributed by atoms with E-state index in [1.807, 2.05) is 31.2 Å². The number of nitrogens with zero attached hydrogens (tertiary/aromatic N) is 3. The topological polar surface area (TPSA) is 39.9 Å². The minimum atomic E-state index is -4.59. The number of hydrogen-bond donors (Lipinski definition) is 0. The van der Waals surface area contributed by atoms with Gasteiger partial charge in [0.1, 0.15) is 18.1 Å². The van der Waals surface area contributed by atoms with Crippen molar-refractivity contribution in [3.8, 4) is 33.4 Å². The summed E-state index contributed by atoms with van der Waals surface area (Å²) in [7, 11) is 0. The van der Waals surface area contributed by atoms with Crippen LogP contribution >= 0.6 is 11.3 Å². The number of fused-ring (bicyclic) bond motifs is 3. The Labute approximate surface area is 168 Å². The van der Waals surface area contributed by atoms with Crippen LogP contribution in [0, 0.1) is 6.92 Å². The first-order chi connectivity index (χ1) is 13.9. The molecule has 1 aliphatic rings. The highest BCUT2D eigenvalue weighted by molar-refractivity contribution is 7.12. The van der Waals surface area contributed by atoms with Gasteiger partial charge < -0.3 is 4.74 Å². The van der Waals surface area contributed by atoms with Crippen LogP contribution in [0.1, 0.15) is 16.8 Å². The highest BCUT2D eigenvalue weighted by Crippen LogP contribution is 2.44. The molecule has 0 saturated heterocycles. The van der Waals surface area contributed by atoms with Crippen molar-refractivity contribution in [2.24, 2.45) is 0 Å². The molecule has 146 valence electrons. The maximum atomic E-state index is 14.0. The summed E-state index contributed by atoms with van der Waals surface area (Å²) in [5.41, 5.74) is 2.58. The fourth-order valence-corrected chi connectivity index (χ4v) is 4.18. The summed E-state index contributed by atoms with van der Waals surface area (Å²) in [5, 5.41) is 6.22. The molecule has 1 aliphatic heterocycles. The van der Waals surface area contributed by atoms with E-state index in [1.165, 1.54) is 0 Å². The van der Waals surface area contributed by atoms with Crippen LogP contribution in [0.25, 0.3) is 27.6 Å². The van der Waals surface area contributed by atoms with Crippen LogP contribution in [0.5, 0.6) is 5.75 Å². The molecular formula is C21H14F3N3OS. The second kappa shape index (κ2) is 6.45. The zero-order valence-corrected chi connectivity index (χ0v) is 16.0. The van der Waals surface area contributed by atoms with E-state index in [0.29, 0.717) is 17.0 Å². The minimum Gasteiger partial charge on any atom is -0.488 e. The van der Waals surface area contributed by atoms with Crippen LogP contribution in [-0.2, 0) is 12.8 Å². The predicted molar refractivity (Wildman–Crippen MR) is 104 cm³/mol. The van der Waals surface area contributed by atoms with Gasteiger partial charge in [-0.05, 0) is 19.1 Å². The van der Waals surface area contributed by atoms with Gasteiger partial charge in [-0.25, -0.2) is 9.67 Å². The molecule has 2 aromatic heterocycles. The first-order valence-electron chi connectivity index (χ1n) is 8.86. The molecule has 0 bridgehead atoms. The Morgan fingerprint density at radius 1 is 1.07 bits per heavy atom. The molecule has 0 spiro atoms. The highest BCUT2D eigenvalue weighted by atomic mass is 32.1. The Morgan fingerprint density at radius 3 is 2.59 bits per heavy atom. The van der Waals surface area contributed by atoms with Gasteiger partial charge in [-0.1, -0.05) is 42.0 Å². The molecule has 8 heteroatoms. The molecule has 0 atom stereocenters. The number of aromatic nitrogens is 3. The third-order valence-electron chi connectivity index (χ3n) is 4.79. The minimum absolute atomic E-state index is 0.0308. The van der Waals surface area contributed by atoms with Crippen molar-refractivity contribution >= 4 is 11.3 Å². The van der Waals surface area contributed by atoms with Crippen molar-refractivity contribution in [3.63, 3.8) is 0 Å². The number of ether oxygens (including phenoxy) is 1. The Morgan fingerprint density at radius 2 is 1.83 bits per heavy atom. The Bertz CT molecular complexity index is 1210. The summed E-state index contributed by atoms with van der Waals surface area (Å²) >= 11 is 1.13. The summed E-state index contributed by atoms with van der Waals surface area (Å²) < 4.78 is 48.3. The normalized spacial score (nSPS) is 13.0. The lowest BCUT2D eigenvalue weighted by Gasteiger charge is -2.17. The molecule has 29 heavy (non-hydrogen) atoms. The number of thiazole rings is 1. The average molecular weight is 413 g/mol. The van der Waals surface area contributed by atoms with Crippen LogP contribution in [0.3, 0.4) is 0 Å². The number of aryl methyl sites for hydroxylation is 1. The number of halogens is 3. The van der Waals surface area contributed by atoms with E-state index in [2.05, 4.69) is 10.1 Å². The highest BCUT2D eigenvalue weighted by Gasteiger charge is 2.42. The summed E-state index contributed by atoms with van der Waals surface area (Å²) in [6, 6.07) is 14.7. The molecule has 0 unspecified atom stereocenters. The van der Waals surface area contributed by atoms with Crippen LogP contribution in [0.4, 0.5) is 13.2 Å². The predicted octanol–water partition coefficient (Wildman–Crippen LogP) is 5.88. The van der Waals surface area contributed by atoms with Gasteiger partial charge in [0.2, 0.25) is 5.13 Å².